The van der Waals surface area contributed by atoms with Crippen molar-refractivity contribution in [3.05, 3.63) is 44.2 Å². The highest BCUT2D eigenvalue weighted by molar-refractivity contribution is 9.10. The average Bonchev–Trinajstić information content (AvgIpc) is 2.83. The number of pyridine rings is 1. The Kier molecular flexibility index (Phi) is 4.14. The SMILES string of the molecule is Cc1c(Br)cnc(NC(=O)Cc2cccs2)c1C. The molecule has 0 aliphatic heterocycles. The summed E-state index contributed by atoms with van der Waals surface area (Å²) in [6.07, 6.45) is 2.11. The molecule has 0 aliphatic carbocycles. The number of thiophene rings is 1. The lowest BCUT2D eigenvalue weighted by Gasteiger charge is -2.10. The smallest absolute Gasteiger partial charge is 0.230 e. The minimum absolute atomic E-state index is 0.0326. The topological polar surface area (TPSA) is 42.0 Å². The van der Waals surface area contributed by atoms with Crippen molar-refractivity contribution < 1.29 is 4.79 Å². The molecular weight excluding hydrogens is 312 g/mol. The second-order valence-electron chi connectivity index (χ2n) is 4.01. The first-order chi connectivity index (χ1) is 8.58. The van der Waals surface area contributed by atoms with Gasteiger partial charge in [-0.1, -0.05) is 6.07 Å². The predicted molar refractivity (Wildman–Crippen MR) is 78.1 cm³/mol. The summed E-state index contributed by atoms with van der Waals surface area (Å²) in [4.78, 5) is 17.2. The fourth-order valence-electron chi connectivity index (χ4n) is 1.55. The number of amides is 1. The number of carbonyl (C=O) groups excluding carboxylic acids is 1. The van der Waals surface area contributed by atoms with Crippen LogP contribution in [0.1, 0.15) is 16.0 Å². The molecule has 0 aliphatic rings. The van der Waals surface area contributed by atoms with E-state index < -0.39 is 0 Å². The first-order valence-electron chi connectivity index (χ1n) is 5.52. The van der Waals surface area contributed by atoms with Gasteiger partial charge >= 0.3 is 0 Å². The molecule has 2 aromatic rings. The monoisotopic (exact) mass is 324 g/mol. The second kappa shape index (κ2) is 5.63. The molecule has 18 heavy (non-hydrogen) atoms. The molecule has 2 aromatic heterocycles. The Morgan fingerprint density at radius 3 is 2.89 bits per heavy atom. The fraction of sp³-hybridized carbons (Fsp3) is 0.231. The normalized spacial score (nSPS) is 10.4. The summed E-state index contributed by atoms with van der Waals surface area (Å²) in [6.45, 7) is 3.95. The predicted octanol–water partition coefficient (Wildman–Crippen LogP) is 3.70. The van der Waals surface area contributed by atoms with E-state index in [1.807, 2.05) is 31.4 Å². The lowest BCUT2D eigenvalue weighted by atomic mass is 10.1. The number of anilines is 1. The maximum atomic E-state index is 11.9. The summed E-state index contributed by atoms with van der Waals surface area (Å²) < 4.78 is 0.955. The van der Waals surface area contributed by atoms with E-state index >= 15 is 0 Å². The molecule has 3 nitrogen and oxygen atoms in total. The van der Waals surface area contributed by atoms with E-state index in [4.69, 9.17) is 0 Å². The van der Waals surface area contributed by atoms with Gasteiger partial charge in [-0.3, -0.25) is 4.79 Å². The van der Waals surface area contributed by atoms with Crippen molar-refractivity contribution in [2.75, 3.05) is 5.32 Å². The van der Waals surface area contributed by atoms with Crippen molar-refractivity contribution in [1.29, 1.82) is 0 Å². The summed E-state index contributed by atoms with van der Waals surface area (Å²) in [5.74, 6) is 0.604. The maximum Gasteiger partial charge on any atom is 0.230 e. The highest BCUT2D eigenvalue weighted by atomic mass is 79.9. The summed E-state index contributed by atoms with van der Waals surface area (Å²) >= 11 is 5.00. The average molecular weight is 325 g/mol. The van der Waals surface area contributed by atoms with E-state index in [1.165, 1.54) is 0 Å². The van der Waals surface area contributed by atoms with Gasteiger partial charge in [-0.15, -0.1) is 11.3 Å². The Labute approximate surface area is 118 Å². The zero-order chi connectivity index (χ0) is 13.1. The molecule has 0 radical (unpaired) electrons. The maximum absolute atomic E-state index is 11.9. The molecule has 1 N–H and O–H groups in total. The van der Waals surface area contributed by atoms with E-state index in [-0.39, 0.29) is 5.91 Å². The van der Waals surface area contributed by atoms with Crippen LogP contribution >= 0.6 is 27.3 Å². The van der Waals surface area contributed by atoms with Crippen LogP contribution in [0.15, 0.2) is 28.2 Å². The molecule has 5 heteroatoms. The Balaban J connectivity index is 2.10. The van der Waals surface area contributed by atoms with Crippen LogP contribution in [0, 0.1) is 13.8 Å². The summed E-state index contributed by atoms with van der Waals surface area (Å²) in [7, 11) is 0. The van der Waals surface area contributed by atoms with Crippen LogP contribution in [-0.2, 0) is 11.2 Å². The van der Waals surface area contributed by atoms with Gasteiger partial charge in [0.25, 0.3) is 0 Å². The molecule has 0 fully saturated rings. The van der Waals surface area contributed by atoms with Crippen LogP contribution in [0.5, 0.6) is 0 Å². The standard InChI is InChI=1S/C13H13BrN2OS/c1-8-9(2)13(15-7-11(8)14)16-12(17)6-10-4-3-5-18-10/h3-5,7H,6H2,1-2H3,(H,15,16,17). The molecule has 0 spiro atoms. The summed E-state index contributed by atoms with van der Waals surface area (Å²) in [5.41, 5.74) is 2.08. The number of hydrogen-bond donors (Lipinski definition) is 1. The molecule has 0 unspecified atom stereocenters. The third kappa shape index (κ3) is 2.97. The van der Waals surface area contributed by atoms with Crippen molar-refractivity contribution >= 4 is 39.0 Å². The van der Waals surface area contributed by atoms with Gasteiger partial charge in [0.05, 0.1) is 6.42 Å². The number of halogens is 1. The van der Waals surface area contributed by atoms with E-state index in [9.17, 15) is 4.79 Å². The van der Waals surface area contributed by atoms with Crippen LogP contribution in [0.4, 0.5) is 5.82 Å². The third-order valence-electron chi connectivity index (χ3n) is 2.76. The number of nitrogens with one attached hydrogen (secondary N) is 1. The minimum Gasteiger partial charge on any atom is -0.310 e. The van der Waals surface area contributed by atoms with Crippen molar-refractivity contribution in [3.8, 4) is 0 Å². The van der Waals surface area contributed by atoms with E-state index in [2.05, 4.69) is 26.2 Å². The van der Waals surface area contributed by atoms with E-state index in [0.717, 1.165) is 20.5 Å². The van der Waals surface area contributed by atoms with E-state index in [0.29, 0.717) is 12.2 Å². The molecule has 1 amide bonds. The molecule has 0 saturated heterocycles. The van der Waals surface area contributed by atoms with Crippen molar-refractivity contribution in [2.24, 2.45) is 0 Å². The molecule has 0 bridgehead atoms. The summed E-state index contributed by atoms with van der Waals surface area (Å²) in [5, 5.41) is 4.82. The number of rotatable bonds is 3. The number of aromatic nitrogens is 1. The number of hydrogen-bond acceptors (Lipinski definition) is 3. The molecular formula is C13H13BrN2OS. The minimum atomic E-state index is -0.0326. The van der Waals surface area contributed by atoms with E-state index in [1.54, 1.807) is 17.5 Å². The zero-order valence-electron chi connectivity index (χ0n) is 10.2. The van der Waals surface area contributed by atoms with Gasteiger partial charge in [-0.2, -0.15) is 0 Å². The molecule has 2 rings (SSSR count). The Morgan fingerprint density at radius 2 is 2.22 bits per heavy atom. The van der Waals surface area contributed by atoms with Gasteiger partial charge in [0.1, 0.15) is 5.82 Å². The highest BCUT2D eigenvalue weighted by Gasteiger charge is 2.10. The van der Waals surface area contributed by atoms with Crippen molar-refractivity contribution in [1.82, 2.24) is 4.98 Å². The lowest BCUT2D eigenvalue weighted by Crippen LogP contribution is -2.16. The number of carbonyl (C=O) groups is 1. The van der Waals surface area contributed by atoms with Gasteiger partial charge in [0, 0.05) is 15.5 Å². The Bertz CT molecular complexity index is 567. The Hall–Kier alpha value is -1.20. The zero-order valence-corrected chi connectivity index (χ0v) is 12.6. The molecule has 2 heterocycles. The molecule has 0 saturated carbocycles. The van der Waals surface area contributed by atoms with Gasteiger partial charge in [0.2, 0.25) is 5.91 Å². The van der Waals surface area contributed by atoms with Crippen LogP contribution in [0.3, 0.4) is 0 Å². The lowest BCUT2D eigenvalue weighted by molar-refractivity contribution is -0.115. The Morgan fingerprint density at radius 1 is 1.44 bits per heavy atom. The third-order valence-corrected chi connectivity index (χ3v) is 4.43. The second-order valence-corrected chi connectivity index (χ2v) is 5.90. The van der Waals surface area contributed by atoms with Gasteiger partial charge in [-0.05, 0) is 52.4 Å². The van der Waals surface area contributed by atoms with Crippen LogP contribution in [-0.4, -0.2) is 10.9 Å². The largest absolute Gasteiger partial charge is 0.310 e. The molecule has 0 atom stereocenters. The number of nitrogens with zero attached hydrogens (tertiary/aromatic N) is 1. The fourth-order valence-corrected chi connectivity index (χ4v) is 2.65. The van der Waals surface area contributed by atoms with Crippen molar-refractivity contribution in [2.45, 2.75) is 20.3 Å². The highest BCUT2D eigenvalue weighted by Crippen LogP contribution is 2.23. The first-order valence-corrected chi connectivity index (χ1v) is 7.19. The van der Waals surface area contributed by atoms with Crippen molar-refractivity contribution in [3.63, 3.8) is 0 Å². The van der Waals surface area contributed by atoms with Crippen LogP contribution in [0.2, 0.25) is 0 Å². The quantitative estimate of drug-likeness (QED) is 0.935. The van der Waals surface area contributed by atoms with Gasteiger partial charge in [-0.25, -0.2) is 4.98 Å². The first kappa shape index (κ1) is 13.2. The van der Waals surface area contributed by atoms with Crippen LogP contribution < -0.4 is 5.32 Å². The van der Waals surface area contributed by atoms with Gasteiger partial charge < -0.3 is 5.32 Å². The molecule has 0 aromatic carbocycles. The van der Waals surface area contributed by atoms with Gasteiger partial charge in [0.15, 0.2) is 0 Å². The van der Waals surface area contributed by atoms with Crippen LogP contribution in [0.25, 0.3) is 0 Å². The summed E-state index contributed by atoms with van der Waals surface area (Å²) in [6, 6.07) is 3.90. The molecule has 94 valence electrons.